The summed E-state index contributed by atoms with van der Waals surface area (Å²) in [5, 5.41) is 13.2. The number of nitro benzene ring substituents is 1. The minimum absolute atomic E-state index is 0.0674. The van der Waals surface area contributed by atoms with Crippen molar-refractivity contribution in [3.05, 3.63) is 51.0 Å². The molecule has 2 rings (SSSR count). The molecule has 0 aliphatic carbocycles. The van der Waals surface area contributed by atoms with E-state index in [0.717, 1.165) is 4.88 Å². The smallest absolute Gasteiger partial charge is 0.275 e. The molecule has 0 fully saturated rings. The Labute approximate surface area is 107 Å². The fraction of sp³-hybridized carbons (Fsp3) is 0.0909. The summed E-state index contributed by atoms with van der Waals surface area (Å²) in [4.78, 5) is 22.8. The number of aromatic nitrogens is 1. The lowest BCUT2D eigenvalue weighted by atomic mass is 10.2. The molecule has 1 N–H and O–H groups in total. The zero-order valence-electron chi connectivity index (χ0n) is 9.41. The van der Waals surface area contributed by atoms with Crippen molar-refractivity contribution in [2.45, 2.75) is 6.92 Å². The summed E-state index contributed by atoms with van der Waals surface area (Å²) >= 11 is 1.23. The van der Waals surface area contributed by atoms with Gasteiger partial charge in [0.1, 0.15) is 5.69 Å². The molecule has 1 aromatic carbocycles. The van der Waals surface area contributed by atoms with Crippen molar-refractivity contribution in [1.82, 2.24) is 4.37 Å². The zero-order chi connectivity index (χ0) is 13.1. The van der Waals surface area contributed by atoms with Crippen LogP contribution in [-0.2, 0) is 0 Å². The summed E-state index contributed by atoms with van der Waals surface area (Å²) in [6.45, 7) is 1.85. The fourth-order valence-electron chi connectivity index (χ4n) is 1.37. The lowest BCUT2D eigenvalue weighted by molar-refractivity contribution is -0.384. The molecule has 0 aliphatic heterocycles. The monoisotopic (exact) mass is 263 g/mol. The number of rotatable bonds is 3. The highest BCUT2D eigenvalue weighted by atomic mass is 32.1. The molecule has 0 saturated heterocycles. The largest absolute Gasteiger partial charge is 0.320 e. The molecule has 1 heterocycles. The van der Waals surface area contributed by atoms with Crippen LogP contribution in [0.3, 0.4) is 0 Å². The van der Waals surface area contributed by atoms with E-state index in [1.807, 2.05) is 6.92 Å². The standard InChI is InChI=1S/C11H9N3O3S/c1-7-5-10(13-18-7)11(15)12-8-3-2-4-9(6-8)14(16)17/h2-6H,1H3,(H,12,15). The number of aryl methyl sites for hydroxylation is 1. The normalized spacial score (nSPS) is 10.1. The zero-order valence-corrected chi connectivity index (χ0v) is 10.2. The summed E-state index contributed by atoms with van der Waals surface area (Å²) in [5.74, 6) is -0.375. The third-order valence-electron chi connectivity index (χ3n) is 2.18. The average molecular weight is 263 g/mol. The van der Waals surface area contributed by atoms with Crippen molar-refractivity contribution in [3.63, 3.8) is 0 Å². The Balaban J connectivity index is 2.16. The predicted molar refractivity (Wildman–Crippen MR) is 67.9 cm³/mol. The molecule has 0 unspecified atom stereocenters. The van der Waals surface area contributed by atoms with Crippen LogP contribution in [0.25, 0.3) is 0 Å². The lowest BCUT2D eigenvalue weighted by Gasteiger charge is -2.02. The summed E-state index contributed by atoms with van der Waals surface area (Å²) in [6.07, 6.45) is 0. The van der Waals surface area contributed by atoms with Crippen molar-refractivity contribution in [2.75, 3.05) is 5.32 Å². The number of carbonyl (C=O) groups excluding carboxylic acids is 1. The Bertz CT molecular complexity index is 609. The Kier molecular flexibility index (Phi) is 3.33. The summed E-state index contributed by atoms with van der Waals surface area (Å²) in [6, 6.07) is 7.43. The number of anilines is 1. The number of nitrogens with one attached hydrogen (secondary N) is 1. The van der Waals surface area contributed by atoms with Gasteiger partial charge >= 0.3 is 0 Å². The van der Waals surface area contributed by atoms with Gasteiger partial charge in [-0.3, -0.25) is 14.9 Å². The van der Waals surface area contributed by atoms with Crippen molar-refractivity contribution in [3.8, 4) is 0 Å². The number of nitro groups is 1. The molecule has 6 nitrogen and oxygen atoms in total. The maximum Gasteiger partial charge on any atom is 0.275 e. The van der Waals surface area contributed by atoms with Gasteiger partial charge in [0.15, 0.2) is 0 Å². The summed E-state index contributed by atoms with van der Waals surface area (Å²) in [7, 11) is 0. The van der Waals surface area contributed by atoms with Gasteiger partial charge in [-0.1, -0.05) is 6.07 Å². The summed E-state index contributed by atoms with van der Waals surface area (Å²) in [5.41, 5.74) is 0.617. The van der Waals surface area contributed by atoms with E-state index in [2.05, 4.69) is 9.69 Å². The third-order valence-corrected chi connectivity index (χ3v) is 2.87. The minimum Gasteiger partial charge on any atom is -0.320 e. The number of nitrogens with zero attached hydrogens (tertiary/aromatic N) is 2. The van der Waals surface area contributed by atoms with Gasteiger partial charge < -0.3 is 5.32 Å². The van der Waals surface area contributed by atoms with E-state index in [-0.39, 0.29) is 11.6 Å². The van der Waals surface area contributed by atoms with E-state index in [1.54, 1.807) is 12.1 Å². The molecular weight excluding hydrogens is 254 g/mol. The quantitative estimate of drug-likeness (QED) is 0.681. The first-order valence-corrected chi connectivity index (χ1v) is 5.83. The van der Waals surface area contributed by atoms with Crippen molar-refractivity contribution < 1.29 is 9.72 Å². The fourth-order valence-corrected chi connectivity index (χ4v) is 1.91. The number of carbonyl (C=O) groups is 1. The molecule has 0 bridgehead atoms. The molecule has 1 amide bonds. The Morgan fingerprint density at radius 3 is 2.83 bits per heavy atom. The second-order valence-corrected chi connectivity index (χ2v) is 4.59. The van der Waals surface area contributed by atoms with Crippen LogP contribution in [0.5, 0.6) is 0 Å². The van der Waals surface area contributed by atoms with Crippen LogP contribution in [0.1, 0.15) is 15.4 Å². The highest BCUT2D eigenvalue weighted by Gasteiger charge is 2.11. The molecule has 7 heteroatoms. The summed E-state index contributed by atoms with van der Waals surface area (Å²) < 4.78 is 3.97. The molecule has 0 radical (unpaired) electrons. The van der Waals surface area contributed by atoms with E-state index >= 15 is 0 Å². The minimum atomic E-state index is -0.511. The van der Waals surface area contributed by atoms with Gasteiger partial charge in [-0.05, 0) is 30.6 Å². The second-order valence-electron chi connectivity index (χ2n) is 3.58. The van der Waals surface area contributed by atoms with Gasteiger partial charge in [0.25, 0.3) is 11.6 Å². The van der Waals surface area contributed by atoms with E-state index in [9.17, 15) is 14.9 Å². The molecular formula is C11H9N3O3S. The van der Waals surface area contributed by atoms with E-state index < -0.39 is 4.92 Å². The number of amides is 1. The van der Waals surface area contributed by atoms with Crippen molar-refractivity contribution in [1.29, 1.82) is 0 Å². The lowest BCUT2D eigenvalue weighted by Crippen LogP contribution is -2.12. The predicted octanol–water partition coefficient (Wildman–Crippen LogP) is 2.61. The number of non-ortho nitro benzene ring substituents is 1. The maximum atomic E-state index is 11.8. The number of hydrogen-bond donors (Lipinski definition) is 1. The van der Waals surface area contributed by atoms with Gasteiger partial charge in [0.2, 0.25) is 0 Å². The average Bonchev–Trinajstić information content (AvgIpc) is 2.76. The SMILES string of the molecule is Cc1cc(C(=O)Nc2cccc([N+](=O)[O-])c2)ns1. The van der Waals surface area contributed by atoms with Crippen LogP contribution < -0.4 is 5.32 Å². The van der Waals surface area contributed by atoms with Gasteiger partial charge in [-0.25, -0.2) is 0 Å². The van der Waals surface area contributed by atoms with Crippen LogP contribution >= 0.6 is 11.5 Å². The van der Waals surface area contributed by atoms with Crippen LogP contribution in [0.2, 0.25) is 0 Å². The van der Waals surface area contributed by atoms with Gasteiger partial charge in [-0.15, -0.1) is 0 Å². The van der Waals surface area contributed by atoms with Gasteiger partial charge in [0.05, 0.1) is 4.92 Å². The topological polar surface area (TPSA) is 85.1 Å². The number of hydrogen-bond acceptors (Lipinski definition) is 5. The van der Waals surface area contributed by atoms with Crippen LogP contribution in [0.4, 0.5) is 11.4 Å². The molecule has 92 valence electrons. The first-order chi connectivity index (χ1) is 8.56. The molecule has 0 spiro atoms. The molecule has 1 aromatic heterocycles. The van der Waals surface area contributed by atoms with Crippen LogP contribution in [0, 0.1) is 17.0 Å². The molecule has 0 atom stereocenters. The van der Waals surface area contributed by atoms with E-state index in [0.29, 0.717) is 11.4 Å². The van der Waals surface area contributed by atoms with Crippen molar-refractivity contribution >= 4 is 28.8 Å². The Morgan fingerprint density at radius 2 is 2.22 bits per heavy atom. The van der Waals surface area contributed by atoms with Crippen molar-refractivity contribution in [2.24, 2.45) is 0 Å². The van der Waals surface area contributed by atoms with Gasteiger partial charge in [-0.2, -0.15) is 4.37 Å². The number of benzene rings is 1. The molecule has 18 heavy (non-hydrogen) atoms. The highest BCUT2D eigenvalue weighted by molar-refractivity contribution is 7.05. The molecule has 0 aliphatic rings. The first kappa shape index (κ1) is 12.2. The van der Waals surface area contributed by atoms with Crippen LogP contribution in [-0.4, -0.2) is 15.2 Å². The third kappa shape index (κ3) is 2.69. The maximum absolute atomic E-state index is 11.8. The second kappa shape index (κ2) is 4.92. The molecule has 0 saturated carbocycles. The molecule has 2 aromatic rings. The Morgan fingerprint density at radius 1 is 1.44 bits per heavy atom. The van der Waals surface area contributed by atoms with Crippen LogP contribution in [0.15, 0.2) is 30.3 Å². The highest BCUT2D eigenvalue weighted by Crippen LogP contribution is 2.18. The van der Waals surface area contributed by atoms with Gasteiger partial charge in [0, 0.05) is 22.7 Å². The van der Waals surface area contributed by atoms with E-state index in [1.165, 1.54) is 29.7 Å². The first-order valence-electron chi connectivity index (χ1n) is 5.05. The Hall–Kier alpha value is -2.28. The van der Waals surface area contributed by atoms with E-state index in [4.69, 9.17) is 0 Å².